The SMILES string of the molecule is CNCC(=Cc1cccc(C#N)c1)C(C)C. The molecule has 0 aromatic heterocycles. The van der Waals surface area contributed by atoms with Gasteiger partial charge in [0.1, 0.15) is 0 Å². The van der Waals surface area contributed by atoms with Gasteiger partial charge in [-0.15, -0.1) is 0 Å². The van der Waals surface area contributed by atoms with Crippen LogP contribution in [-0.4, -0.2) is 13.6 Å². The summed E-state index contributed by atoms with van der Waals surface area (Å²) in [6, 6.07) is 9.84. The van der Waals surface area contributed by atoms with Crippen LogP contribution >= 0.6 is 0 Å². The molecule has 0 aliphatic rings. The highest BCUT2D eigenvalue weighted by atomic mass is 14.8. The third kappa shape index (κ3) is 3.52. The van der Waals surface area contributed by atoms with Crippen molar-refractivity contribution in [2.75, 3.05) is 13.6 Å². The number of rotatable bonds is 4. The third-order valence-electron chi connectivity index (χ3n) is 2.49. The molecule has 0 fully saturated rings. The van der Waals surface area contributed by atoms with E-state index in [1.807, 2.05) is 31.3 Å². The van der Waals surface area contributed by atoms with Gasteiger partial charge in [-0.25, -0.2) is 0 Å². The first-order valence-corrected chi connectivity index (χ1v) is 5.52. The summed E-state index contributed by atoms with van der Waals surface area (Å²) in [5.74, 6) is 0.512. The van der Waals surface area contributed by atoms with Crippen LogP contribution in [0.15, 0.2) is 29.8 Å². The lowest BCUT2D eigenvalue weighted by Crippen LogP contribution is -2.13. The van der Waals surface area contributed by atoms with Gasteiger partial charge in [0.15, 0.2) is 0 Å². The zero-order valence-electron chi connectivity index (χ0n) is 10.1. The predicted octanol–water partition coefficient (Wildman–Crippen LogP) is 2.82. The summed E-state index contributed by atoms with van der Waals surface area (Å²) in [5, 5.41) is 12.0. The molecular formula is C14H18N2. The number of hydrogen-bond acceptors (Lipinski definition) is 2. The standard InChI is InChI=1S/C14H18N2/c1-11(2)14(10-16-3)8-12-5-4-6-13(7-12)9-15/h4-8,11,16H,10H2,1-3H3. The van der Waals surface area contributed by atoms with Gasteiger partial charge >= 0.3 is 0 Å². The Labute approximate surface area is 97.6 Å². The van der Waals surface area contributed by atoms with E-state index in [2.05, 4.69) is 31.3 Å². The molecule has 2 heteroatoms. The fourth-order valence-electron chi connectivity index (χ4n) is 1.54. The van der Waals surface area contributed by atoms with E-state index in [1.165, 1.54) is 5.57 Å². The maximum Gasteiger partial charge on any atom is 0.0991 e. The summed E-state index contributed by atoms with van der Waals surface area (Å²) in [4.78, 5) is 0. The van der Waals surface area contributed by atoms with Gasteiger partial charge in [0.2, 0.25) is 0 Å². The lowest BCUT2D eigenvalue weighted by Gasteiger charge is -2.10. The zero-order valence-corrected chi connectivity index (χ0v) is 10.1. The molecule has 0 radical (unpaired) electrons. The van der Waals surface area contributed by atoms with E-state index in [4.69, 9.17) is 5.26 Å². The Bertz CT molecular complexity index is 411. The molecule has 0 spiro atoms. The van der Waals surface area contributed by atoms with Crippen molar-refractivity contribution >= 4 is 6.08 Å². The normalized spacial score (nSPS) is 11.6. The van der Waals surface area contributed by atoms with E-state index >= 15 is 0 Å². The summed E-state index contributed by atoms with van der Waals surface area (Å²) in [7, 11) is 1.95. The van der Waals surface area contributed by atoms with Gasteiger partial charge in [-0.05, 0) is 30.7 Å². The maximum absolute atomic E-state index is 8.83. The molecule has 0 heterocycles. The molecule has 16 heavy (non-hydrogen) atoms. The highest BCUT2D eigenvalue weighted by Gasteiger charge is 2.02. The monoisotopic (exact) mass is 214 g/mol. The van der Waals surface area contributed by atoms with Gasteiger partial charge in [-0.2, -0.15) is 5.26 Å². The molecule has 0 unspecified atom stereocenters. The summed E-state index contributed by atoms with van der Waals surface area (Å²) >= 11 is 0. The number of nitrogens with one attached hydrogen (secondary N) is 1. The quantitative estimate of drug-likeness (QED) is 0.836. The van der Waals surface area contributed by atoms with Crippen molar-refractivity contribution in [1.29, 1.82) is 5.26 Å². The first-order chi connectivity index (χ1) is 7.67. The van der Waals surface area contributed by atoms with Crippen LogP contribution in [-0.2, 0) is 0 Å². The van der Waals surface area contributed by atoms with Crippen LogP contribution < -0.4 is 5.32 Å². The number of hydrogen-bond donors (Lipinski definition) is 1. The smallest absolute Gasteiger partial charge is 0.0991 e. The second-order valence-corrected chi connectivity index (χ2v) is 4.14. The van der Waals surface area contributed by atoms with Gasteiger partial charge in [-0.1, -0.05) is 37.6 Å². The Morgan fingerprint density at radius 1 is 1.50 bits per heavy atom. The molecule has 1 aromatic carbocycles. The second-order valence-electron chi connectivity index (χ2n) is 4.14. The van der Waals surface area contributed by atoms with Crippen LogP contribution in [0.1, 0.15) is 25.0 Å². The molecular weight excluding hydrogens is 196 g/mol. The average molecular weight is 214 g/mol. The fourth-order valence-corrected chi connectivity index (χ4v) is 1.54. The Morgan fingerprint density at radius 2 is 2.25 bits per heavy atom. The molecule has 0 atom stereocenters. The van der Waals surface area contributed by atoms with Crippen LogP contribution in [0.25, 0.3) is 6.08 Å². The van der Waals surface area contributed by atoms with Crippen LogP contribution in [0, 0.1) is 17.2 Å². The van der Waals surface area contributed by atoms with Gasteiger partial charge in [-0.3, -0.25) is 0 Å². The molecule has 0 amide bonds. The minimum atomic E-state index is 0.512. The lowest BCUT2D eigenvalue weighted by atomic mass is 9.99. The van der Waals surface area contributed by atoms with Crippen LogP contribution in [0.4, 0.5) is 0 Å². The molecule has 2 nitrogen and oxygen atoms in total. The van der Waals surface area contributed by atoms with Crippen molar-refractivity contribution in [3.05, 3.63) is 41.0 Å². The molecule has 0 aliphatic heterocycles. The minimum absolute atomic E-state index is 0.512. The summed E-state index contributed by atoms with van der Waals surface area (Å²) in [5.41, 5.74) is 3.15. The Hall–Kier alpha value is -1.59. The maximum atomic E-state index is 8.83. The lowest BCUT2D eigenvalue weighted by molar-refractivity contribution is 0.713. The Morgan fingerprint density at radius 3 is 2.81 bits per heavy atom. The van der Waals surface area contributed by atoms with Gasteiger partial charge < -0.3 is 5.32 Å². The van der Waals surface area contributed by atoms with Gasteiger partial charge in [0, 0.05) is 6.54 Å². The summed E-state index contributed by atoms with van der Waals surface area (Å²) < 4.78 is 0. The van der Waals surface area contributed by atoms with Crippen molar-refractivity contribution < 1.29 is 0 Å². The molecule has 0 aliphatic carbocycles. The molecule has 1 aromatic rings. The first-order valence-electron chi connectivity index (χ1n) is 5.52. The Kier molecular flexibility index (Phi) is 4.75. The topological polar surface area (TPSA) is 35.8 Å². The van der Waals surface area contributed by atoms with Crippen LogP contribution in [0.5, 0.6) is 0 Å². The number of nitriles is 1. The number of benzene rings is 1. The van der Waals surface area contributed by atoms with Crippen LogP contribution in [0.2, 0.25) is 0 Å². The number of nitrogens with zero attached hydrogens (tertiary/aromatic N) is 1. The highest BCUT2D eigenvalue weighted by Crippen LogP contribution is 2.14. The van der Waals surface area contributed by atoms with Crippen molar-refractivity contribution in [1.82, 2.24) is 5.32 Å². The predicted molar refractivity (Wildman–Crippen MR) is 67.9 cm³/mol. The zero-order chi connectivity index (χ0) is 12.0. The van der Waals surface area contributed by atoms with E-state index in [-0.39, 0.29) is 0 Å². The van der Waals surface area contributed by atoms with E-state index in [1.54, 1.807) is 0 Å². The van der Waals surface area contributed by atoms with Crippen molar-refractivity contribution in [3.63, 3.8) is 0 Å². The Balaban J connectivity index is 2.98. The summed E-state index contributed by atoms with van der Waals surface area (Å²) in [6.07, 6.45) is 2.15. The van der Waals surface area contributed by atoms with Gasteiger partial charge in [0.05, 0.1) is 11.6 Å². The van der Waals surface area contributed by atoms with Gasteiger partial charge in [0.25, 0.3) is 0 Å². The average Bonchev–Trinajstić information content (AvgIpc) is 2.28. The second kappa shape index (κ2) is 6.09. The van der Waals surface area contributed by atoms with Crippen molar-refractivity contribution in [2.45, 2.75) is 13.8 Å². The van der Waals surface area contributed by atoms with E-state index < -0.39 is 0 Å². The molecule has 0 bridgehead atoms. The molecule has 84 valence electrons. The molecule has 0 saturated heterocycles. The molecule has 0 saturated carbocycles. The van der Waals surface area contributed by atoms with Crippen LogP contribution in [0.3, 0.4) is 0 Å². The molecule has 1 rings (SSSR count). The third-order valence-corrected chi connectivity index (χ3v) is 2.49. The van der Waals surface area contributed by atoms with E-state index in [9.17, 15) is 0 Å². The van der Waals surface area contributed by atoms with E-state index in [0.717, 1.165) is 12.1 Å². The highest BCUT2D eigenvalue weighted by molar-refractivity contribution is 5.55. The molecule has 1 N–H and O–H groups in total. The fraction of sp³-hybridized carbons (Fsp3) is 0.357. The van der Waals surface area contributed by atoms with E-state index in [0.29, 0.717) is 11.5 Å². The number of likely N-dealkylation sites (N-methyl/N-ethyl adjacent to an activating group) is 1. The first kappa shape index (κ1) is 12.5. The summed E-state index contributed by atoms with van der Waals surface area (Å²) in [6.45, 7) is 5.24. The van der Waals surface area contributed by atoms with Crippen molar-refractivity contribution in [3.8, 4) is 6.07 Å². The van der Waals surface area contributed by atoms with Crippen molar-refractivity contribution in [2.24, 2.45) is 5.92 Å². The minimum Gasteiger partial charge on any atom is -0.316 e. The largest absolute Gasteiger partial charge is 0.316 e.